The molecule has 2 aromatic rings. The van der Waals surface area contributed by atoms with E-state index in [1.807, 2.05) is 0 Å². The van der Waals surface area contributed by atoms with Crippen LogP contribution in [-0.2, 0) is 19.3 Å². The summed E-state index contributed by atoms with van der Waals surface area (Å²) >= 11 is 0. The highest BCUT2D eigenvalue weighted by Gasteiger charge is 2.36. The van der Waals surface area contributed by atoms with Crippen LogP contribution < -0.4 is 10.1 Å². The van der Waals surface area contributed by atoms with Gasteiger partial charge in [-0.05, 0) is 17.7 Å². The minimum absolute atomic E-state index is 0.0905. The molecule has 0 aliphatic carbocycles. The Hall–Kier alpha value is -2.06. The fraction of sp³-hybridized carbons (Fsp3) is 0.400. The minimum Gasteiger partial charge on any atom is -0.497 e. The number of benzene rings is 1. The van der Waals surface area contributed by atoms with Gasteiger partial charge in [-0.3, -0.25) is 0 Å². The van der Waals surface area contributed by atoms with E-state index in [0.717, 1.165) is 6.07 Å². The second-order valence-electron chi connectivity index (χ2n) is 5.28. The zero-order valence-electron chi connectivity index (χ0n) is 12.4. The summed E-state index contributed by atoms with van der Waals surface area (Å²) in [5, 5.41) is 13.6. The molecule has 1 atom stereocenters. The predicted molar refractivity (Wildman–Crippen MR) is 76.0 cm³/mol. The van der Waals surface area contributed by atoms with Crippen molar-refractivity contribution >= 4 is 0 Å². The Morgan fingerprint density at radius 1 is 1.39 bits per heavy atom. The summed E-state index contributed by atoms with van der Waals surface area (Å²) < 4.78 is 46.5. The maximum atomic E-state index is 13.3. The summed E-state index contributed by atoms with van der Waals surface area (Å²) in [5.41, 5.74) is -0.759. The van der Waals surface area contributed by atoms with E-state index in [4.69, 9.17) is 4.74 Å². The van der Waals surface area contributed by atoms with Gasteiger partial charge in [0.15, 0.2) is 0 Å². The smallest absolute Gasteiger partial charge is 0.416 e. The quantitative estimate of drug-likeness (QED) is 0.906. The number of halogens is 3. The van der Waals surface area contributed by atoms with Crippen molar-refractivity contribution in [3.63, 3.8) is 0 Å². The van der Waals surface area contributed by atoms with E-state index in [9.17, 15) is 18.3 Å². The second kappa shape index (κ2) is 5.86. The van der Waals surface area contributed by atoms with Crippen LogP contribution in [0, 0.1) is 0 Å². The number of nitrogens with one attached hydrogen (secondary N) is 1. The molecule has 2 heterocycles. The molecule has 3 rings (SSSR count). The molecule has 0 fully saturated rings. The molecule has 0 saturated heterocycles. The first-order valence-corrected chi connectivity index (χ1v) is 7.10. The van der Waals surface area contributed by atoms with Gasteiger partial charge in [-0.1, -0.05) is 6.07 Å². The van der Waals surface area contributed by atoms with E-state index in [-0.39, 0.29) is 11.3 Å². The molecule has 1 unspecified atom stereocenters. The van der Waals surface area contributed by atoms with Crippen LogP contribution in [0.2, 0.25) is 0 Å². The number of ether oxygens (including phenoxy) is 1. The summed E-state index contributed by atoms with van der Waals surface area (Å²) in [6.45, 7) is 1.76. The molecular weight excluding hydrogens is 311 g/mol. The third kappa shape index (κ3) is 2.91. The first-order valence-electron chi connectivity index (χ1n) is 7.10. The Morgan fingerprint density at radius 3 is 2.87 bits per heavy atom. The zero-order chi connectivity index (χ0) is 16.6. The number of rotatable bonds is 3. The van der Waals surface area contributed by atoms with Gasteiger partial charge < -0.3 is 19.7 Å². The predicted octanol–water partition coefficient (Wildman–Crippen LogP) is 2.10. The summed E-state index contributed by atoms with van der Waals surface area (Å²) in [4.78, 5) is 4.16. The Labute approximate surface area is 130 Å². The van der Waals surface area contributed by atoms with E-state index >= 15 is 0 Å². The van der Waals surface area contributed by atoms with Crippen molar-refractivity contribution in [2.75, 3.05) is 13.7 Å². The van der Waals surface area contributed by atoms with Gasteiger partial charge in [-0.2, -0.15) is 13.2 Å². The van der Waals surface area contributed by atoms with Gasteiger partial charge in [0.25, 0.3) is 0 Å². The van der Waals surface area contributed by atoms with E-state index in [0.29, 0.717) is 31.2 Å². The summed E-state index contributed by atoms with van der Waals surface area (Å²) in [5.74, 6) is 0.792. The largest absolute Gasteiger partial charge is 0.497 e. The first-order chi connectivity index (χ1) is 10.9. The molecule has 0 saturated carbocycles. The van der Waals surface area contributed by atoms with Crippen LogP contribution in [0.15, 0.2) is 24.4 Å². The molecule has 124 valence electrons. The van der Waals surface area contributed by atoms with Crippen molar-refractivity contribution in [1.29, 1.82) is 0 Å². The highest BCUT2D eigenvalue weighted by atomic mass is 19.4. The molecule has 5 nitrogen and oxygen atoms in total. The van der Waals surface area contributed by atoms with Crippen molar-refractivity contribution in [3.05, 3.63) is 47.0 Å². The number of fused-ring (bicyclic) bond motifs is 1. The number of alkyl halides is 3. The molecular formula is C15H16F3N3O2. The SMILES string of the molecule is COc1ccc(C(O)c2cnc3n2CCNC3)c(C(F)(F)F)c1. The average Bonchev–Trinajstić information content (AvgIpc) is 2.97. The van der Waals surface area contributed by atoms with E-state index in [1.165, 1.54) is 25.4 Å². The van der Waals surface area contributed by atoms with Crippen molar-refractivity contribution < 1.29 is 23.0 Å². The molecule has 1 aromatic heterocycles. The molecule has 1 aliphatic heterocycles. The number of aromatic nitrogens is 2. The molecule has 1 aliphatic rings. The number of aliphatic hydroxyl groups is 1. The van der Waals surface area contributed by atoms with Gasteiger partial charge in [-0.25, -0.2) is 4.98 Å². The Morgan fingerprint density at radius 2 is 2.17 bits per heavy atom. The van der Waals surface area contributed by atoms with Gasteiger partial charge in [0, 0.05) is 13.1 Å². The lowest BCUT2D eigenvalue weighted by molar-refractivity contribution is -0.139. The van der Waals surface area contributed by atoms with Crippen molar-refractivity contribution in [2.24, 2.45) is 0 Å². The van der Waals surface area contributed by atoms with Crippen molar-refractivity contribution in [2.45, 2.75) is 25.4 Å². The van der Waals surface area contributed by atoms with Crippen LogP contribution in [0.25, 0.3) is 0 Å². The van der Waals surface area contributed by atoms with Crippen LogP contribution in [-0.4, -0.2) is 28.3 Å². The monoisotopic (exact) mass is 327 g/mol. The van der Waals surface area contributed by atoms with Gasteiger partial charge in [0.1, 0.15) is 17.7 Å². The third-order valence-corrected chi connectivity index (χ3v) is 3.90. The van der Waals surface area contributed by atoms with Crippen LogP contribution in [0.1, 0.15) is 28.7 Å². The maximum Gasteiger partial charge on any atom is 0.416 e. The topological polar surface area (TPSA) is 59.3 Å². The molecule has 0 amide bonds. The van der Waals surface area contributed by atoms with Crippen molar-refractivity contribution in [1.82, 2.24) is 14.9 Å². The van der Waals surface area contributed by atoms with Crippen LogP contribution >= 0.6 is 0 Å². The lowest BCUT2D eigenvalue weighted by atomic mass is 9.99. The standard InChI is InChI=1S/C15H16F3N3O2/c1-23-9-2-3-10(11(6-9)15(16,17)18)14(22)12-7-20-13-8-19-4-5-21(12)13/h2-3,6-7,14,19,22H,4-5,8H2,1H3. The minimum atomic E-state index is -4.59. The number of imidazole rings is 1. The van der Waals surface area contributed by atoms with Gasteiger partial charge in [-0.15, -0.1) is 0 Å². The zero-order valence-corrected chi connectivity index (χ0v) is 12.4. The molecule has 0 bridgehead atoms. The highest BCUT2D eigenvalue weighted by Crippen LogP contribution is 2.38. The van der Waals surface area contributed by atoms with Crippen LogP contribution in [0.5, 0.6) is 5.75 Å². The molecule has 23 heavy (non-hydrogen) atoms. The highest BCUT2D eigenvalue weighted by molar-refractivity contribution is 5.41. The summed E-state index contributed by atoms with van der Waals surface area (Å²) in [7, 11) is 1.30. The second-order valence-corrected chi connectivity index (χ2v) is 5.28. The summed E-state index contributed by atoms with van der Waals surface area (Å²) in [6.07, 6.45) is -4.56. The number of aliphatic hydroxyl groups excluding tert-OH is 1. The first kappa shape index (κ1) is 15.8. The molecule has 0 radical (unpaired) electrons. The van der Waals surface area contributed by atoms with Gasteiger partial charge in [0.2, 0.25) is 0 Å². The Balaban J connectivity index is 2.06. The number of hydrogen-bond donors (Lipinski definition) is 2. The van der Waals surface area contributed by atoms with E-state index in [2.05, 4.69) is 10.3 Å². The number of hydrogen-bond acceptors (Lipinski definition) is 4. The average molecular weight is 327 g/mol. The van der Waals surface area contributed by atoms with E-state index in [1.54, 1.807) is 4.57 Å². The van der Waals surface area contributed by atoms with Gasteiger partial charge >= 0.3 is 6.18 Å². The Bertz CT molecular complexity index is 712. The number of nitrogens with zero attached hydrogens (tertiary/aromatic N) is 2. The molecule has 8 heteroatoms. The normalized spacial score (nSPS) is 16.0. The fourth-order valence-corrected chi connectivity index (χ4v) is 2.74. The summed E-state index contributed by atoms with van der Waals surface area (Å²) in [6, 6.07) is 3.55. The van der Waals surface area contributed by atoms with Crippen LogP contribution in [0.3, 0.4) is 0 Å². The third-order valence-electron chi connectivity index (χ3n) is 3.90. The van der Waals surface area contributed by atoms with Crippen molar-refractivity contribution in [3.8, 4) is 5.75 Å². The fourth-order valence-electron chi connectivity index (χ4n) is 2.74. The molecule has 0 spiro atoms. The molecule has 1 aromatic carbocycles. The van der Waals surface area contributed by atoms with Gasteiger partial charge in [0.05, 0.1) is 31.1 Å². The lowest BCUT2D eigenvalue weighted by Crippen LogP contribution is -2.29. The maximum absolute atomic E-state index is 13.3. The Kier molecular flexibility index (Phi) is 4.03. The van der Waals surface area contributed by atoms with E-state index < -0.39 is 17.8 Å². The molecule has 2 N–H and O–H groups in total. The lowest BCUT2D eigenvalue weighted by Gasteiger charge is -2.22. The number of methoxy groups -OCH3 is 1. The van der Waals surface area contributed by atoms with Crippen LogP contribution in [0.4, 0.5) is 13.2 Å².